The molecule has 1 unspecified atom stereocenters. The molecule has 1 amide bonds. The number of aliphatic carboxylic acids is 1. The number of rotatable bonds is 9. The number of hydrogen-bond acceptors (Lipinski definition) is 6. The zero-order valence-corrected chi connectivity index (χ0v) is 19.1. The number of carboxylic acid groups (broad SMARTS) is 1. The minimum atomic E-state index is -1.00. The summed E-state index contributed by atoms with van der Waals surface area (Å²) < 4.78 is 10.7. The van der Waals surface area contributed by atoms with Crippen LogP contribution in [0.1, 0.15) is 51.5 Å². The Morgan fingerprint density at radius 3 is 2.59 bits per heavy atom. The Morgan fingerprint density at radius 1 is 1.19 bits per heavy atom. The summed E-state index contributed by atoms with van der Waals surface area (Å²) in [4.78, 5) is 39.1. The second-order valence-electron chi connectivity index (χ2n) is 8.06. The van der Waals surface area contributed by atoms with Crippen LogP contribution in [-0.2, 0) is 30.3 Å². The Morgan fingerprint density at radius 2 is 1.91 bits per heavy atom. The van der Waals surface area contributed by atoms with E-state index in [4.69, 9.17) is 9.47 Å². The van der Waals surface area contributed by atoms with Gasteiger partial charge in [-0.05, 0) is 57.9 Å². The Bertz CT molecular complexity index is 726. The van der Waals surface area contributed by atoms with Crippen molar-refractivity contribution in [1.82, 2.24) is 10.2 Å². The van der Waals surface area contributed by atoms with Gasteiger partial charge in [-0.15, -0.1) is 0 Å². The standard InChI is InChI=1S/C24H36N2O6/c1-3-32-24(30)20(14-13-19-10-5-4-6-11-19)25-18(2)22(27)26-15-9-17-31-16-8-7-12-21(26)23(28)29/h4-6,10-11,18,20-21,25H,3,7-9,12-17H2,1-2H3,(H,28,29)/t18?,20-,21-/m0/s1. The van der Waals surface area contributed by atoms with Gasteiger partial charge >= 0.3 is 11.9 Å². The maximum atomic E-state index is 13.3. The largest absolute Gasteiger partial charge is 0.480 e. The van der Waals surface area contributed by atoms with Gasteiger partial charge in [0.25, 0.3) is 0 Å². The fourth-order valence-corrected chi connectivity index (χ4v) is 3.90. The molecule has 0 spiro atoms. The molecule has 8 heteroatoms. The van der Waals surface area contributed by atoms with E-state index in [1.165, 1.54) is 4.90 Å². The first-order valence-corrected chi connectivity index (χ1v) is 11.5. The first kappa shape index (κ1) is 25.8. The number of carboxylic acids is 1. The first-order chi connectivity index (χ1) is 15.4. The van der Waals surface area contributed by atoms with E-state index >= 15 is 0 Å². The number of aryl methyl sites for hydroxylation is 1. The molecule has 1 heterocycles. The van der Waals surface area contributed by atoms with Crippen LogP contribution in [0.5, 0.6) is 0 Å². The van der Waals surface area contributed by atoms with Crippen molar-refractivity contribution in [3.05, 3.63) is 35.9 Å². The lowest BCUT2D eigenvalue weighted by Gasteiger charge is -2.33. The summed E-state index contributed by atoms with van der Waals surface area (Å²) in [6.07, 6.45) is 3.51. The summed E-state index contributed by atoms with van der Waals surface area (Å²) in [5.41, 5.74) is 1.09. The molecule has 0 aliphatic carbocycles. The highest BCUT2D eigenvalue weighted by Gasteiger charge is 2.33. The fraction of sp³-hybridized carbons (Fsp3) is 0.625. The van der Waals surface area contributed by atoms with Crippen molar-refractivity contribution in [3.63, 3.8) is 0 Å². The van der Waals surface area contributed by atoms with E-state index in [0.717, 1.165) is 12.0 Å². The van der Waals surface area contributed by atoms with E-state index in [-0.39, 0.29) is 12.5 Å². The summed E-state index contributed by atoms with van der Waals surface area (Å²) in [6.45, 7) is 5.06. The monoisotopic (exact) mass is 448 g/mol. The SMILES string of the molecule is CCOC(=O)[C@H](CCc1ccccc1)NC(C)C(=O)N1CCCOCCCC[C@H]1C(=O)O. The topological polar surface area (TPSA) is 105 Å². The minimum Gasteiger partial charge on any atom is -0.480 e. The predicted molar refractivity (Wildman–Crippen MR) is 120 cm³/mol. The lowest BCUT2D eigenvalue weighted by molar-refractivity contribution is -0.153. The summed E-state index contributed by atoms with van der Waals surface area (Å²) in [5, 5.41) is 12.9. The van der Waals surface area contributed by atoms with Crippen LogP contribution in [0.2, 0.25) is 0 Å². The molecule has 1 fully saturated rings. The average Bonchev–Trinajstić information content (AvgIpc) is 2.79. The van der Waals surface area contributed by atoms with Crippen LogP contribution in [0, 0.1) is 0 Å². The number of carbonyl (C=O) groups is 3. The molecule has 3 atom stereocenters. The van der Waals surface area contributed by atoms with Crippen molar-refractivity contribution < 1.29 is 29.0 Å². The molecule has 0 radical (unpaired) electrons. The molecule has 8 nitrogen and oxygen atoms in total. The maximum Gasteiger partial charge on any atom is 0.326 e. The molecule has 2 rings (SSSR count). The Labute approximate surface area is 190 Å². The zero-order chi connectivity index (χ0) is 23.3. The van der Waals surface area contributed by atoms with Gasteiger partial charge in [0, 0.05) is 19.8 Å². The van der Waals surface area contributed by atoms with Crippen molar-refractivity contribution in [2.24, 2.45) is 0 Å². The molecule has 0 bridgehead atoms. The van der Waals surface area contributed by atoms with Gasteiger partial charge in [0.15, 0.2) is 0 Å². The Hall–Kier alpha value is -2.45. The molecule has 32 heavy (non-hydrogen) atoms. The number of ether oxygens (including phenoxy) is 2. The molecule has 1 aromatic carbocycles. The van der Waals surface area contributed by atoms with Crippen molar-refractivity contribution in [2.45, 2.75) is 70.5 Å². The number of hydrogen-bond donors (Lipinski definition) is 2. The van der Waals surface area contributed by atoms with Gasteiger partial charge in [-0.2, -0.15) is 0 Å². The number of carbonyl (C=O) groups excluding carboxylic acids is 2. The van der Waals surface area contributed by atoms with Crippen molar-refractivity contribution >= 4 is 17.8 Å². The number of esters is 1. The molecular formula is C24H36N2O6. The summed E-state index contributed by atoms with van der Waals surface area (Å²) >= 11 is 0. The molecule has 0 saturated carbocycles. The zero-order valence-electron chi connectivity index (χ0n) is 19.1. The van der Waals surface area contributed by atoms with E-state index in [1.807, 2.05) is 30.3 Å². The number of nitrogens with zero attached hydrogens (tertiary/aromatic N) is 1. The fourth-order valence-electron chi connectivity index (χ4n) is 3.90. The van der Waals surface area contributed by atoms with Crippen LogP contribution in [0.3, 0.4) is 0 Å². The predicted octanol–water partition coefficient (Wildman–Crippen LogP) is 2.40. The van der Waals surface area contributed by atoms with Crippen LogP contribution >= 0.6 is 0 Å². The summed E-state index contributed by atoms with van der Waals surface area (Å²) in [7, 11) is 0. The molecule has 1 aliphatic rings. The summed E-state index contributed by atoms with van der Waals surface area (Å²) in [6, 6.07) is 7.52. The van der Waals surface area contributed by atoms with Crippen molar-refractivity contribution in [2.75, 3.05) is 26.4 Å². The van der Waals surface area contributed by atoms with Crippen molar-refractivity contribution in [3.8, 4) is 0 Å². The highest BCUT2D eigenvalue weighted by atomic mass is 16.5. The third-order valence-electron chi connectivity index (χ3n) is 5.61. The van der Waals surface area contributed by atoms with Crippen LogP contribution in [0.25, 0.3) is 0 Å². The highest BCUT2D eigenvalue weighted by molar-refractivity contribution is 5.87. The van der Waals surface area contributed by atoms with Crippen LogP contribution in [0.4, 0.5) is 0 Å². The molecular weight excluding hydrogens is 412 g/mol. The van der Waals surface area contributed by atoms with Crippen LogP contribution in [0.15, 0.2) is 30.3 Å². The van der Waals surface area contributed by atoms with Gasteiger partial charge in [-0.1, -0.05) is 30.3 Å². The van der Waals surface area contributed by atoms with Gasteiger partial charge in [-0.25, -0.2) is 4.79 Å². The highest BCUT2D eigenvalue weighted by Crippen LogP contribution is 2.15. The van der Waals surface area contributed by atoms with Gasteiger partial charge in [-0.3, -0.25) is 14.9 Å². The quantitative estimate of drug-likeness (QED) is 0.559. The number of nitrogens with one attached hydrogen (secondary N) is 1. The minimum absolute atomic E-state index is 0.248. The normalized spacial score (nSPS) is 19.6. The van der Waals surface area contributed by atoms with E-state index < -0.39 is 30.1 Å². The molecule has 1 aromatic rings. The van der Waals surface area contributed by atoms with Gasteiger partial charge in [0.05, 0.1) is 12.6 Å². The molecule has 1 aliphatic heterocycles. The Kier molecular flexibility index (Phi) is 11.2. The third kappa shape index (κ3) is 8.24. The third-order valence-corrected chi connectivity index (χ3v) is 5.61. The first-order valence-electron chi connectivity index (χ1n) is 11.5. The number of amides is 1. The second-order valence-corrected chi connectivity index (χ2v) is 8.06. The molecule has 1 saturated heterocycles. The molecule has 2 N–H and O–H groups in total. The van der Waals surface area contributed by atoms with Crippen LogP contribution in [-0.4, -0.2) is 72.3 Å². The maximum absolute atomic E-state index is 13.3. The lowest BCUT2D eigenvalue weighted by Crippen LogP contribution is -2.55. The average molecular weight is 449 g/mol. The molecule has 178 valence electrons. The van der Waals surface area contributed by atoms with Gasteiger partial charge in [0.1, 0.15) is 12.1 Å². The Balaban J connectivity index is 2.09. The second kappa shape index (κ2) is 13.9. The molecule has 0 aromatic heterocycles. The number of benzene rings is 1. The van der Waals surface area contributed by atoms with Gasteiger partial charge in [0.2, 0.25) is 5.91 Å². The van der Waals surface area contributed by atoms with E-state index in [1.54, 1.807) is 13.8 Å². The van der Waals surface area contributed by atoms with Crippen molar-refractivity contribution in [1.29, 1.82) is 0 Å². The van der Waals surface area contributed by atoms with E-state index in [9.17, 15) is 19.5 Å². The lowest BCUT2D eigenvalue weighted by atomic mass is 10.0. The van der Waals surface area contributed by atoms with E-state index in [0.29, 0.717) is 51.9 Å². The smallest absolute Gasteiger partial charge is 0.326 e. The van der Waals surface area contributed by atoms with Crippen LogP contribution < -0.4 is 5.32 Å². The van der Waals surface area contributed by atoms with E-state index in [2.05, 4.69) is 5.32 Å². The summed E-state index contributed by atoms with van der Waals surface area (Å²) in [5.74, 6) is -1.74. The van der Waals surface area contributed by atoms with Gasteiger partial charge < -0.3 is 19.5 Å².